The van der Waals surface area contributed by atoms with E-state index in [-0.39, 0.29) is 5.97 Å². The summed E-state index contributed by atoms with van der Waals surface area (Å²) in [7, 11) is 1.34. The molecule has 0 saturated carbocycles. The van der Waals surface area contributed by atoms with E-state index in [1.54, 1.807) is 6.92 Å². The zero-order valence-corrected chi connectivity index (χ0v) is 12.8. The zero-order chi connectivity index (χ0) is 15.2. The van der Waals surface area contributed by atoms with Gasteiger partial charge in [0, 0.05) is 0 Å². The molecule has 0 fully saturated rings. The van der Waals surface area contributed by atoms with Gasteiger partial charge in [0.25, 0.3) is 11.1 Å². The van der Waals surface area contributed by atoms with Crippen molar-refractivity contribution in [2.24, 2.45) is 0 Å². The molecule has 1 unspecified atom stereocenters. The summed E-state index contributed by atoms with van der Waals surface area (Å²) in [5, 5.41) is 7.83. The monoisotopic (exact) mass is 308 g/mol. The molecule has 0 aliphatic heterocycles. The molecule has 1 atom stereocenters. The number of hydrogen-bond donors (Lipinski definition) is 0. The highest BCUT2D eigenvalue weighted by molar-refractivity contribution is 8.00. The molecule has 0 amide bonds. The van der Waals surface area contributed by atoms with Crippen LogP contribution >= 0.6 is 11.8 Å². The SMILES string of the molecule is CCOc1ccccc1-c1nnc(SC(C)C(=O)OC)o1. The number of carbonyl (C=O) groups excluding carboxylic acids is 1. The highest BCUT2D eigenvalue weighted by atomic mass is 32.2. The number of ether oxygens (including phenoxy) is 2. The Labute approximate surface area is 126 Å². The van der Waals surface area contributed by atoms with E-state index in [2.05, 4.69) is 14.9 Å². The zero-order valence-electron chi connectivity index (χ0n) is 12.0. The van der Waals surface area contributed by atoms with Gasteiger partial charge in [-0.25, -0.2) is 0 Å². The standard InChI is InChI=1S/C14H16N2O4S/c1-4-19-11-8-6-5-7-10(11)12-15-16-14(20-12)21-9(2)13(17)18-3/h5-9H,4H2,1-3H3. The van der Waals surface area contributed by atoms with E-state index in [9.17, 15) is 4.79 Å². The van der Waals surface area contributed by atoms with Crippen molar-refractivity contribution < 1.29 is 18.7 Å². The van der Waals surface area contributed by atoms with Crippen molar-refractivity contribution in [3.05, 3.63) is 24.3 Å². The van der Waals surface area contributed by atoms with E-state index >= 15 is 0 Å². The van der Waals surface area contributed by atoms with Crippen molar-refractivity contribution in [1.29, 1.82) is 0 Å². The molecular formula is C14H16N2O4S. The summed E-state index contributed by atoms with van der Waals surface area (Å²) in [6.07, 6.45) is 0. The van der Waals surface area contributed by atoms with Gasteiger partial charge < -0.3 is 13.9 Å². The number of thioether (sulfide) groups is 1. The van der Waals surface area contributed by atoms with Crippen LogP contribution in [0.5, 0.6) is 5.75 Å². The van der Waals surface area contributed by atoms with E-state index in [1.165, 1.54) is 7.11 Å². The predicted octanol–water partition coefficient (Wildman–Crippen LogP) is 2.79. The van der Waals surface area contributed by atoms with Crippen LogP contribution in [0, 0.1) is 0 Å². The maximum atomic E-state index is 11.4. The van der Waals surface area contributed by atoms with Gasteiger partial charge in [0.1, 0.15) is 11.0 Å². The minimum atomic E-state index is -0.412. The molecule has 112 valence electrons. The molecule has 1 aromatic heterocycles. The number of esters is 1. The maximum Gasteiger partial charge on any atom is 0.319 e. The van der Waals surface area contributed by atoms with Crippen molar-refractivity contribution in [2.75, 3.05) is 13.7 Å². The van der Waals surface area contributed by atoms with Gasteiger partial charge >= 0.3 is 5.97 Å². The molecule has 0 bridgehead atoms. The number of rotatable bonds is 6. The maximum absolute atomic E-state index is 11.4. The van der Waals surface area contributed by atoms with Crippen LogP contribution in [0.25, 0.3) is 11.5 Å². The van der Waals surface area contributed by atoms with Crippen LogP contribution < -0.4 is 4.74 Å². The Hall–Kier alpha value is -2.02. The predicted molar refractivity (Wildman–Crippen MR) is 78.2 cm³/mol. The first-order valence-electron chi connectivity index (χ1n) is 6.46. The molecule has 0 radical (unpaired) electrons. The van der Waals surface area contributed by atoms with E-state index in [1.807, 2.05) is 31.2 Å². The third kappa shape index (κ3) is 3.75. The van der Waals surface area contributed by atoms with Crippen molar-refractivity contribution in [2.45, 2.75) is 24.3 Å². The summed E-state index contributed by atoms with van der Waals surface area (Å²) < 4.78 is 15.8. The van der Waals surface area contributed by atoms with Crippen molar-refractivity contribution in [3.63, 3.8) is 0 Å². The Kier molecular flexibility index (Phi) is 5.21. The Morgan fingerprint density at radius 2 is 2.14 bits per heavy atom. The lowest BCUT2D eigenvalue weighted by Gasteiger charge is -2.06. The molecule has 7 heteroatoms. The molecule has 2 aromatic rings. The first-order valence-corrected chi connectivity index (χ1v) is 7.33. The van der Waals surface area contributed by atoms with Gasteiger partial charge in [0.2, 0.25) is 0 Å². The highest BCUT2D eigenvalue weighted by Crippen LogP contribution is 2.31. The van der Waals surface area contributed by atoms with Crippen LogP contribution in [0.4, 0.5) is 0 Å². The molecule has 0 aliphatic rings. The molecule has 0 saturated heterocycles. The summed E-state index contributed by atoms with van der Waals surface area (Å²) in [6, 6.07) is 7.43. The number of aromatic nitrogens is 2. The largest absolute Gasteiger partial charge is 0.493 e. The first kappa shape index (κ1) is 15.4. The lowest BCUT2D eigenvalue weighted by Crippen LogP contribution is -2.14. The van der Waals surface area contributed by atoms with Crippen molar-refractivity contribution >= 4 is 17.7 Å². The van der Waals surface area contributed by atoms with Crippen LogP contribution in [0.3, 0.4) is 0 Å². The smallest absolute Gasteiger partial charge is 0.319 e. The van der Waals surface area contributed by atoms with Gasteiger partial charge in [-0.1, -0.05) is 23.9 Å². The van der Waals surface area contributed by atoms with E-state index in [0.717, 1.165) is 17.3 Å². The Morgan fingerprint density at radius 1 is 1.38 bits per heavy atom. The number of methoxy groups -OCH3 is 1. The normalized spacial score (nSPS) is 12.0. The van der Waals surface area contributed by atoms with Crippen LogP contribution in [0.1, 0.15) is 13.8 Å². The summed E-state index contributed by atoms with van der Waals surface area (Å²) in [4.78, 5) is 11.4. The molecule has 1 aromatic carbocycles. The number of hydrogen-bond acceptors (Lipinski definition) is 7. The Balaban J connectivity index is 2.18. The van der Waals surface area contributed by atoms with Crippen LogP contribution in [-0.4, -0.2) is 35.1 Å². The molecule has 1 heterocycles. The molecule has 0 N–H and O–H groups in total. The van der Waals surface area contributed by atoms with Gasteiger partial charge in [0.05, 0.1) is 19.3 Å². The summed E-state index contributed by atoms with van der Waals surface area (Å²) in [6.45, 7) is 4.17. The average Bonchev–Trinajstić information content (AvgIpc) is 2.95. The fraction of sp³-hybridized carbons (Fsp3) is 0.357. The second-order valence-corrected chi connectivity index (χ2v) is 5.38. The fourth-order valence-electron chi connectivity index (χ4n) is 1.66. The van der Waals surface area contributed by atoms with Crippen molar-refractivity contribution in [3.8, 4) is 17.2 Å². The van der Waals surface area contributed by atoms with E-state index in [4.69, 9.17) is 9.15 Å². The average molecular weight is 308 g/mol. The van der Waals surface area contributed by atoms with Gasteiger partial charge in [-0.2, -0.15) is 0 Å². The van der Waals surface area contributed by atoms with Crippen LogP contribution in [-0.2, 0) is 9.53 Å². The molecular weight excluding hydrogens is 292 g/mol. The molecule has 2 rings (SSSR count). The lowest BCUT2D eigenvalue weighted by molar-refractivity contribution is -0.139. The number of nitrogens with zero attached hydrogens (tertiary/aromatic N) is 2. The summed E-state index contributed by atoms with van der Waals surface area (Å²) in [5.74, 6) is 0.703. The van der Waals surface area contributed by atoms with E-state index in [0.29, 0.717) is 23.5 Å². The number of para-hydroxylation sites is 1. The molecule has 0 spiro atoms. The molecule has 6 nitrogen and oxygen atoms in total. The van der Waals surface area contributed by atoms with Gasteiger partial charge in [-0.15, -0.1) is 10.2 Å². The summed E-state index contributed by atoms with van der Waals surface area (Å²) in [5.41, 5.74) is 0.726. The number of benzene rings is 1. The summed E-state index contributed by atoms with van der Waals surface area (Å²) >= 11 is 1.16. The third-order valence-electron chi connectivity index (χ3n) is 2.63. The lowest BCUT2D eigenvalue weighted by atomic mass is 10.2. The first-order chi connectivity index (χ1) is 10.2. The Bertz CT molecular complexity index is 615. The second-order valence-electron chi connectivity index (χ2n) is 4.09. The van der Waals surface area contributed by atoms with Crippen LogP contribution in [0.2, 0.25) is 0 Å². The van der Waals surface area contributed by atoms with Crippen LogP contribution in [0.15, 0.2) is 33.9 Å². The second kappa shape index (κ2) is 7.12. The fourth-order valence-corrected chi connectivity index (χ4v) is 2.37. The van der Waals surface area contributed by atoms with Gasteiger partial charge in [-0.3, -0.25) is 4.79 Å². The minimum absolute atomic E-state index is 0.314. The topological polar surface area (TPSA) is 74.5 Å². The highest BCUT2D eigenvalue weighted by Gasteiger charge is 2.20. The van der Waals surface area contributed by atoms with Crippen molar-refractivity contribution in [1.82, 2.24) is 10.2 Å². The quantitative estimate of drug-likeness (QED) is 0.600. The third-order valence-corrected chi connectivity index (χ3v) is 3.55. The van der Waals surface area contributed by atoms with Gasteiger partial charge in [0.15, 0.2) is 0 Å². The number of carbonyl (C=O) groups is 1. The molecule has 0 aliphatic carbocycles. The van der Waals surface area contributed by atoms with E-state index < -0.39 is 5.25 Å². The minimum Gasteiger partial charge on any atom is -0.493 e. The van der Waals surface area contributed by atoms with Gasteiger partial charge in [-0.05, 0) is 26.0 Å². The molecule has 21 heavy (non-hydrogen) atoms. The Morgan fingerprint density at radius 3 is 2.86 bits per heavy atom.